The summed E-state index contributed by atoms with van der Waals surface area (Å²) in [6.45, 7) is 14.5. The van der Waals surface area contributed by atoms with Gasteiger partial charge in [0.15, 0.2) is 5.96 Å². The van der Waals surface area contributed by atoms with Crippen molar-refractivity contribution in [2.24, 2.45) is 4.99 Å². The number of hydrogen-bond donors (Lipinski definition) is 2. The summed E-state index contributed by atoms with van der Waals surface area (Å²) in [6.07, 6.45) is 4.60. The summed E-state index contributed by atoms with van der Waals surface area (Å²) in [5, 5.41) is 6.78. The fourth-order valence-corrected chi connectivity index (χ4v) is 2.70. The molecule has 0 saturated carbocycles. The molecule has 0 aromatic rings. The molecule has 0 aliphatic carbocycles. The first kappa shape index (κ1) is 21.2. The monoisotopic (exact) mass is 341 g/mol. The van der Waals surface area contributed by atoms with Crippen LogP contribution in [0.3, 0.4) is 0 Å². The third-order valence-electron chi connectivity index (χ3n) is 4.24. The van der Waals surface area contributed by atoms with E-state index in [0.717, 1.165) is 58.2 Å². The van der Waals surface area contributed by atoms with Crippen molar-refractivity contribution in [1.29, 1.82) is 0 Å². The zero-order valence-corrected chi connectivity index (χ0v) is 16.1. The van der Waals surface area contributed by atoms with Gasteiger partial charge in [-0.25, -0.2) is 0 Å². The summed E-state index contributed by atoms with van der Waals surface area (Å²) in [5.41, 5.74) is 0. The van der Waals surface area contributed by atoms with Gasteiger partial charge in [-0.15, -0.1) is 0 Å². The van der Waals surface area contributed by atoms with Crippen LogP contribution in [0.4, 0.5) is 0 Å². The molecule has 6 nitrogen and oxygen atoms in total. The summed E-state index contributed by atoms with van der Waals surface area (Å²) in [7, 11) is 2.21. The van der Waals surface area contributed by atoms with Gasteiger partial charge in [-0.1, -0.05) is 13.3 Å². The van der Waals surface area contributed by atoms with Gasteiger partial charge in [0, 0.05) is 52.5 Å². The van der Waals surface area contributed by atoms with Gasteiger partial charge in [-0.05, 0) is 46.3 Å². The van der Waals surface area contributed by atoms with Crippen LogP contribution in [0.2, 0.25) is 0 Å². The van der Waals surface area contributed by atoms with Crippen LogP contribution >= 0.6 is 0 Å². The Labute approximate surface area is 149 Å². The summed E-state index contributed by atoms with van der Waals surface area (Å²) in [6, 6.07) is 0. The summed E-state index contributed by atoms with van der Waals surface area (Å²) in [5.74, 6) is 0.929. The first-order valence-corrected chi connectivity index (χ1v) is 9.77. The molecule has 142 valence electrons. The largest absolute Gasteiger partial charge is 0.381 e. The number of likely N-dealkylation sites (N-methyl/N-ethyl adjacent to an activating group) is 1. The quantitative estimate of drug-likeness (QED) is 0.338. The lowest BCUT2D eigenvalue weighted by atomic mass is 10.4. The van der Waals surface area contributed by atoms with Gasteiger partial charge in [-0.2, -0.15) is 0 Å². The maximum absolute atomic E-state index is 5.58. The molecule has 2 N–H and O–H groups in total. The van der Waals surface area contributed by atoms with Gasteiger partial charge in [0.05, 0.1) is 0 Å². The molecule has 0 unspecified atom stereocenters. The summed E-state index contributed by atoms with van der Waals surface area (Å²) >= 11 is 0. The van der Waals surface area contributed by atoms with E-state index in [1.54, 1.807) is 0 Å². The number of unbranched alkanes of at least 4 members (excludes halogenated alkanes) is 1. The van der Waals surface area contributed by atoms with Crippen LogP contribution in [0.15, 0.2) is 4.99 Å². The topological polar surface area (TPSA) is 52.1 Å². The SMILES string of the molecule is CCCCOCCCN=C(NCC)NCCN1CCCN(C)CC1. The van der Waals surface area contributed by atoms with Crippen molar-refractivity contribution >= 4 is 5.96 Å². The molecule has 0 aromatic carbocycles. The normalized spacial score (nSPS) is 17.7. The van der Waals surface area contributed by atoms with E-state index < -0.39 is 0 Å². The molecule has 6 heteroatoms. The number of guanidine groups is 1. The standard InChI is InChI=1S/C18H39N5O/c1-4-6-16-24-17-7-9-20-18(19-5-2)21-10-13-23-12-8-11-22(3)14-15-23/h4-17H2,1-3H3,(H2,19,20,21). The molecule has 0 spiro atoms. The van der Waals surface area contributed by atoms with Gasteiger partial charge in [0.1, 0.15) is 0 Å². The minimum atomic E-state index is 0.810. The molecule has 0 aromatic heterocycles. The Morgan fingerprint density at radius 1 is 1.04 bits per heavy atom. The number of aliphatic imine (C=N–C) groups is 1. The zero-order chi connectivity index (χ0) is 17.5. The van der Waals surface area contributed by atoms with Gasteiger partial charge < -0.3 is 25.2 Å². The Kier molecular flexibility index (Phi) is 12.8. The molecule has 1 saturated heterocycles. The molecule has 1 heterocycles. The number of rotatable bonds is 11. The lowest BCUT2D eigenvalue weighted by Gasteiger charge is -2.21. The minimum absolute atomic E-state index is 0.810. The molecular weight excluding hydrogens is 302 g/mol. The Morgan fingerprint density at radius 2 is 1.88 bits per heavy atom. The van der Waals surface area contributed by atoms with Gasteiger partial charge in [0.2, 0.25) is 0 Å². The van der Waals surface area contributed by atoms with Crippen molar-refractivity contribution in [2.75, 3.05) is 72.6 Å². The molecule has 0 radical (unpaired) electrons. The zero-order valence-electron chi connectivity index (χ0n) is 16.1. The van der Waals surface area contributed by atoms with Crippen LogP contribution in [-0.2, 0) is 4.74 Å². The van der Waals surface area contributed by atoms with E-state index in [-0.39, 0.29) is 0 Å². The molecule has 1 fully saturated rings. The maximum Gasteiger partial charge on any atom is 0.191 e. The van der Waals surface area contributed by atoms with E-state index in [1.807, 2.05) is 0 Å². The molecular formula is C18H39N5O. The Hall–Kier alpha value is -0.850. The lowest BCUT2D eigenvalue weighted by molar-refractivity contribution is 0.130. The van der Waals surface area contributed by atoms with E-state index in [0.29, 0.717) is 0 Å². The van der Waals surface area contributed by atoms with Crippen LogP contribution in [-0.4, -0.2) is 88.4 Å². The van der Waals surface area contributed by atoms with Crippen LogP contribution in [0.5, 0.6) is 0 Å². The van der Waals surface area contributed by atoms with E-state index in [4.69, 9.17) is 4.74 Å². The number of nitrogens with zero attached hydrogens (tertiary/aromatic N) is 3. The van der Waals surface area contributed by atoms with Crippen LogP contribution in [0.1, 0.15) is 39.5 Å². The lowest BCUT2D eigenvalue weighted by Crippen LogP contribution is -2.42. The third kappa shape index (κ3) is 10.8. The molecule has 1 rings (SSSR count). The highest BCUT2D eigenvalue weighted by molar-refractivity contribution is 5.79. The third-order valence-corrected chi connectivity index (χ3v) is 4.24. The van der Waals surface area contributed by atoms with Gasteiger partial charge in [0.25, 0.3) is 0 Å². The van der Waals surface area contributed by atoms with E-state index in [1.165, 1.54) is 39.0 Å². The highest BCUT2D eigenvalue weighted by atomic mass is 16.5. The minimum Gasteiger partial charge on any atom is -0.381 e. The molecule has 0 atom stereocenters. The predicted molar refractivity (Wildman–Crippen MR) is 103 cm³/mol. The second kappa shape index (κ2) is 14.5. The fourth-order valence-electron chi connectivity index (χ4n) is 2.70. The van der Waals surface area contributed by atoms with E-state index >= 15 is 0 Å². The molecule has 1 aliphatic rings. The molecule has 24 heavy (non-hydrogen) atoms. The summed E-state index contributed by atoms with van der Waals surface area (Å²) < 4.78 is 5.58. The highest BCUT2D eigenvalue weighted by Crippen LogP contribution is 1.99. The first-order chi connectivity index (χ1) is 11.8. The second-order valence-electron chi connectivity index (χ2n) is 6.51. The van der Waals surface area contributed by atoms with Crippen molar-refractivity contribution < 1.29 is 4.74 Å². The van der Waals surface area contributed by atoms with Crippen LogP contribution < -0.4 is 10.6 Å². The number of hydrogen-bond acceptors (Lipinski definition) is 4. The first-order valence-electron chi connectivity index (χ1n) is 9.77. The average Bonchev–Trinajstić information content (AvgIpc) is 2.78. The van der Waals surface area contributed by atoms with Crippen molar-refractivity contribution in [3.8, 4) is 0 Å². The second-order valence-corrected chi connectivity index (χ2v) is 6.51. The Bertz CT molecular complexity index is 325. The van der Waals surface area contributed by atoms with Crippen molar-refractivity contribution in [3.63, 3.8) is 0 Å². The van der Waals surface area contributed by atoms with Crippen LogP contribution in [0.25, 0.3) is 0 Å². The van der Waals surface area contributed by atoms with Crippen LogP contribution in [0, 0.1) is 0 Å². The fraction of sp³-hybridized carbons (Fsp3) is 0.944. The van der Waals surface area contributed by atoms with Crippen molar-refractivity contribution in [2.45, 2.75) is 39.5 Å². The Morgan fingerprint density at radius 3 is 2.67 bits per heavy atom. The summed E-state index contributed by atoms with van der Waals surface area (Å²) in [4.78, 5) is 9.59. The number of nitrogens with one attached hydrogen (secondary N) is 2. The molecule has 0 amide bonds. The molecule has 1 aliphatic heterocycles. The van der Waals surface area contributed by atoms with E-state index in [9.17, 15) is 0 Å². The maximum atomic E-state index is 5.58. The van der Waals surface area contributed by atoms with Gasteiger partial charge in [-0.3, -0.25) is 4.99 Å². The smallest absolute Gasteiger partial charge is 0.191 e. The number of ether oxygens (including phenoxy) is 1. The predicted octanol–water partition coefficient (Wildman–Crippen LogP) is 1.39. The Balaban J connectivity index is 2.16. The average molecular weight is 342 g/mol. The van der Waals surface area contributed by atoms with Gasteiger partial charge >= 0.3 is 0 Å². The van der Waals surface area contributed by atoms with Crippen molar-refractivity contribution in [3.05, 3.63) is 0 Å². The van der Waals surface area contributed by atoms with E-state index in [2.05, 4.69) is 46.3 Å². The van der Waals surface area contributed by atoms with Crippen molar-refractivity contribution in [1.82, 2.24) is 20.4 Å². The molecule has 0 bridgehead atoms. The highest BCUT2D eigenvalue weighted by Gasteiger charge is 2.11.